The van der Waals surface area contributed by atoms with Crippen molar-refractivity contribution >= 4 is 51.7 Å². The molecule has 3 heterocycles. The van der Waals surface area contributed by atoms with Crippen LogP contribution in [-0.4, -0.2) is 37.1 Å². The average molecular weight is 443 g/mol. The first-order chi connectivity index (χ1) is 14.5. The first kappa shape index (κ1) is 21.1. The summed E-state index contributed by atoms with van der Waals surface area (Å²) in [4.78, 5) is 33.4. The molecule has 2 fully saturated rings. The van der Waals surface area contributed by atoms with E-state index in [2.05, 4.69) is 17.2 Å². The normalized spacial score (nSPS) is 19.3. The molecule has 1 saturated heterocycles. The second kappa shape index (κ2) is 8.89. The summed E-state index contributed by atoms with van der Waals surface area (Å²) in [6, 6.07) is 3.94. The molecule has 0 bridgehead atoms. The van der Waals surface area contributed by atoms with Crippen LogP contribution < -0.4 is 10.9 Å². The molecule has 0 atom stereocenters. The lowest BCUT2D eigenvalue weighted by molar-refractivity contribution is -0.124. The van der Waals surface area contributed by atoms with E-state index >= 15 is 0 Å². The van der Waals surface area contributed by atoms with Gasteiger partial charge in [0.15, 0.2) is 0 Å². The van der Waals surface area contributed by atoms with Crippen molar-refractivity contribution in [2.24, 2.45) is 0 Å². The highest BCUT2D eigenvalue weighted by Crippen LogP contribution is 2.37. The zero-order chi connectivity index (χ0) is 21.3. The summed E-state index contributed by atoms with van der Waals surface area (Å²) in [5.41, 5.74) is 1.76. The molecule has 158 valence electrons. The van der Waals surface area contributed by atoms with Crippen molar-refractivity contribution in [1.82, 2.24) is 14.3 Å². The van der Waals surface area contributed by atoms with Crippen LogP contribution in [0, 0.1) is 6.92 Å². The zero-order valence-corrected chi connectivity index (χ0v) is 18.9. The van der Waals surface area contributed by atoms with Crippen LogP contribution in [-0.2, 0) is 4.79 Å². The highest BCUT2D eigenvalue weighted by molar-refractivity contribution is 8.26. The number of pyridine rings is 1. The predicted molar refractivity (Wildman–Crippen MR) is 127 cm³/mol. The Hall–Kier alpha value is -2.19. The van der Waals surface area contributed by atoms with Crippen molar-refractivity contribution in [3.05, 3.63) is 44.7 Å². The maximum absolute atomic E-state index is 13.3. The van der Waals surface area contributed by atoms with Crippen LogP contribution in [0.4, 0.5) is 5.82 Å². The first-order valence-electron chi connectivity index (χ1n) is 10.5. The number of thiocarbonyl (C=S) groups is 1. The number of fused-ring (bicyclic) bond motifs is 1. The molecule has 1 saturated carbocycles. The number of anilines is 1. The van der Waals surface area contributed by atoms with Gasteiger partial charge in [0.1, 0.15) is 15.8 Å². The van der Waals surface area contributed by atoms with Crippen LogP contribution in [0.15, 0.2) is 28.0 Å². The van der Waals surface area contributed by atoms with Crippen LogP contribution in [0.3, 0.4) is 0 Å². The van der Waals surface area contributed by atoms with Gasteiger partial charge in [-0.05, 0) is 43.9 Å². The third-order valence-electron chi connectivity index (χ3n) is 5.59. The van der Waals surface area contributed by atoms with Crippen LogP contribution in [0.5, 0.6) is 0 Å². The Kier molecular flexibility index (Phi) is 6.24. The molecule has 0 unspecified atom stereocenters. The number of carbonyl (C=O) groups excluding carboxylic acids is 1. The molecule has 8 heteroatoms. The molecular formula is C22H26N4O2S2. The number of amides is 1. The number of rotatable bonds is 5. The summed E-state index contributed by atoms with van der Waals surface area (Å²) in [7, 11) is 0. The van der Waals surface area contributed by atoms with Gasteiger partial charge in [-0.15, -0.1) is 0 Å². The Balaban J connectivity index is 1.77. The van der Waals surface area contributed by atoms with E-state index in [1.807, 2.05) is 19.1 Å². The number of thioether (sulfide) groups is 1. The van der Waals surface area contributed by atoms with Crippen molar-refractivity contribution in [3.63, 3.8) is 0 Å². The zero-order valence-electron chi connectivity index (χ0n) is 17.3. The molecule has 1 N–H and O–H groups in total. The summed E-state index contributed by atoms with van der Waals surface area (Å²) in [6.45, 7) is 4.68. The van der Waals surface area contributed by atoms with Gasteiger partial charge in [0.2, 0.25) is 0 Å². The minimum Gasteiger partial charge on any atom is -0.369 e. The molecule has 2 aromatic rings. The molecule has 0 radical (unpaired) electrons. The van der Waals surface area contributed by atoms with Crippen LogP contribution in [0.1, 0.15) is 56.6 Å². The van der Waals surface area contributed by atoms with Gasteiger partial charge in [-0.1, -0.05) is 56.2 Å². The molecule has 2 aliphatic rings. The van der Waals surface area contributed by atoms with E-state index in [1.54, 1.807) is 21.6 Å². The highest BCUT2D eigenvalue weighted by Gasteiger charge is 2.37. The largest absolute Gasteiger partial charge is 0.369 e. The van der Waals surface area contributed by atoms with Gasteiger partial charge < -0.3 is 5.32 Å². The van der Waals surface area contributed by atoms with E-state index in [0.717, 1.165) is 37.7 Å². The second-order valence-corrected chi connectivity index (χ2v) is 9.56. The second-order valence-electron chi connectivity index (χ2n) is 7.88. The fourth-order valence-corrected chi connectivity index (χ4v) is 5.41. The summed E-state index contributed by atoms with van der Waals surface area (Å²) >= 11 is 6.82. The first-order valence-corrected chi connectivity index (χ1v) is 11.8. The smallest absolute Gasteiger partial charge is 0.267 e. The van der Waals surface area contributed by atoms with E-state index in [0.29, 0.717) is 32.8 Å². The number of hydrogen-bond acceptors (Lipinski definition) is 6. The minimum atomic E-state index is -0.190. The van der Waals surface area contributed by atoms with Crippen molar-refractivity contribution in [2.45, 2.75) is 58.4 Å². The predicted octanol–water partition coefficient (Wildman–Crippen LogP) is 4.36. The maximum Gasteiger partial charge on any atom is 0.267 e. The Morgan fingerprint density at radius 2 is 2.03 bits per heavy atom. The minimum absolute atomic E-state index is 0.0907. The molecule has 0 aromatic carbocycles. The van der Waals surface area contributed by atoms with Gasteiger partial charge in [0.05, 0.1) is 10.5 Å². The molecule has 1 aliphatic heterocycles. The van der Waals surface area contributed by atoms with Gasteiger partial charge in [-0.25, -0.2) is 4.98 Å². The van der Waals surface area contributed by atoms with Crippen LogP contribution >= 0.6 is 24.0 Å². The molecule has 2 aromatic heterocycles. The Morgan fingerprint density at radius 1 is 1.27 bits per heavy atom. The van der Waals surface area contributed by atoms with Crippen LogP contribution in [0.2, 0.25) is 0 Å². The Morgan fingerprint density at radius 3 is 2.77 bits per heavy atom. The van der Waals surface area contributed by atoms with Gasteiger partial charge >= 0.3 is 0 Å². The lowest BCUT2D eigenvalue weighted by Crippen LogP contribution is -2.39. The lowest BCUT2D eigenvalue weighted by atomic mass is 9.94. The number of aryl methyl sites for hydroxylation is 1. The quantitative estimate of drug-likeness (QED) is 0.548. The Bertz CT molecular complexity index is 1090. The molecule has 1 amide bonds. The average Bonchev–Trinajstić information content (AvgIpc) is 3.03. The monoisotopic (exact) mass is 442 g/mol. The van der Waals surface area contributed by atoms with Crippen LogP contribution in [0.25, 0.3) is 11.7 Å². The summed E-state index contributed by atoms with van der Waals surface area (Å²) in [6.07, 6.45) is 9.79. The topological polar surface area (TPSA) is 66.7 Å². The number of aromatic nitrogens is 2. The van der Waals surface area contributed by atoms with Crippen molar-refractivity contribution in [3.8, 4) is 0 Å². The third kappa shape index (κ3) is 4.03. The number of carbonyl (C=O) groups is 1. The van der Waals surface area contributed by atoms with E-state index in [4.69, 9.17) is 12.2 Å². The van der Waals surface area contributed by atoms with E-state index in [-0.39, 0.29) is 17.5 Å². The highest BCUT2D eigenvalue weighted by atomic mass is 32.2. The molecule has 6 nitrogen and oxygen atoms in total. The van der Waals surface area contributed by atoms with Gasteiger partial charge in [0.25, 0.3) is 11.5 Å². The fraction of sp³-hybridized carbons (Fsp3) is 0.455. The van der Waals surface area contributed by atoms with Gasteiger partial charge in [0, 0.05) is 18.8 Å². The Labute approximate surface area is 185 Å². The fourth-order valence-electron chi connectivity index (χ4n) is 4.03. The van der Waals surface area contributed by atoms with Crippen molar-refractivity contribution < 1.29 is 4.79 Å². The standard InChI is InChI=1S/C22H26N4O2S2/c1-3-11-23-19-16(20(27)25-13-14(2)9-10-18(25)24-19)12-17-21(28)26(22(29)30-17)15-7-5-4-6-8-15/h9-10,12-13,15,23H,3-8,11H2,1-2H3/b17-12+. The number of hydrogen-bond donors (Lipinski definition) is 1. The van der Waals surface area contributed by atoms with E-state index in [1.165, 1.54) is 18.2 Å². The van der Waals surface area contributed by atoms with Gasteiger partial charge in [-0.2, -0.15) is 0 Å². The molecule has 30 heavy (non-hydrogen) atoms. The molecule has 4 rings (SSSR count). The SMILES string of the molecule is CCCNc1nc2ccc(C)cn2c(=O)c1/C=C1/SC(=S)N(C2CCCCC2)C1=O. The maximum atomic E-state index is 13.3. The number of nitrogens with zero attached hydrogens (tertiary/aromatic N) is 3. The molecule has 0 spiro atoms. The molecular weight excluding hydrogens is 416 g/mol. The van der Waals surface area contributed by atoms with Crippen molar-refractivity contribution in [2.75, 3.05) is 11.9 Å². The van der Waals surface area contributed by atoms with Gasteiger partial charge in [-0.3, -0.25) is 18.9 Å². The summed E-state index contributed by atoms with van der Waals surface area (Å²) in [5.74, 6) is 0.417. The van der Waals surface area contributed by atoms with E-state index < -0.39 is 0 Å². The summed E-state index contributed by atoms with van der Waals surface area (Å²) < 4.78 is 2.13. The third-order valence-corrected chi connectivity index (χ3v) is 6.92. The summed E-state index contributed by atoms with van der Waals surface area (Å²) in [5, 5.41) is 3.25. The lowest BCUT2D eigenvalue weighted by Gasteiger charge is -2.29. The molecule has 1 aliphatic carbocycles. The number of nitrogens with one attached hydrogen (secondary N) is 1. The van der Waals surface area contributed by atoms with Crippen molar-refractivity contribution in [1.29, 1.82) is 0 Å². The van der Waals surface area contributed by atoms with E-state index in [9.17, 15) is 9.59 Å².